The molecule has 0 aliphatic carbocycles. The molecule has 144 valence electrons. The number of carbonyl (C=O) groups is 1. The van der Waals surface area contributed by atoms with Crippen molar-refractivity contribution in [1.29, 1.82) is 0 Å². The molecule has 0 saturated carbocycles. The van der Waals surface area contributed by atoms with E-state index in [1.165, 1.54) is 6.07 Å². The summed E-state index contributed by atoms with van der Waals surface area (Å²) in [5.41, 5.74) is 1.84. The average molecular weight is 385 g/mol. The molecule has 1 N–H and O–H groups in total. The van der Waals surface area contributed by atoms with Crippen molar-refractivity contribution < 1.29 is 13.9 Å². The van der Waals surface area contributed by atoms with Crippen LogP contribution in [0.25, 0.3) is 11.0 Å². The van der Waals surface area contributed by atoms with Crippen LogP contribution in [0.2, 0.25) is 0 Å². The van der Waals surface area contributed by atoms with Crippen molar-refractivity contribution in [2.24, 2.45) is 0 Å². The van der Waals surface area contributed by atoms with Crippen LogP contribution >= 0.6 is 0 Å². The summed E-state index contributed by atoms with van der Waals surface area (Å²) >= 11 is 0. The highest BCUT2D eigenvalue weighted by molar-refractivity contribution is 5.84. The van der Waals surface area contributed by atoms with Crippen molar-refractivity contribution in [3.05, 3.63) is 113 Å². The Bertz CT molecular complexity index is 1130. The Morgan fingerprint density at radius 1 is 0.862 bits per heavy atom. The maximum atomic E-state index is 12.7. The fraction of sp³-hybridized carbons (Fsp3) is 0.0833. The normalized spacial score (nSPS) is 10.8. The van der Waals surface area contributed by atoms with Crippen molar-refractivity contribution in [1.82, 2.24) is 5.32 Å². The second-order valence-electron chi connectivity index (χ2n) is 6.54. The molecule has 0 aliphatic heterocycles. The van der Waals surface area contributed by atoms with Gasteiger partial charge in [-0.05, 0) is 23.3 Å². The minimum atomic E-state index is -0.523. The predicted octanol–water partition coefficient (Wildman–Crippen LogP) is 4.08. The lowest BCUT2D eigenvalue weighted by molar-refractivity contribution is -0.123. The molecule has 0 unspecified atom stereocenters. The maximum absolute atomic E-state index is 12.7. The van der Waals surface area contributed by atoms with Crippen LogP contribution in [0, 0.1) is 0 Å². The van der Waals surface area contributed by atoms with Gasteiger partial charge in [0.05, 0.1) is 17.5 Å². The van der Waals surface area contributed by atoms with E-state index in [-0.39, 0.29) is 18.6 Å². The minimum Gasteiger partial charge on any atom is -0.483 e. The monoisotopic (exact) mass is 385 g/mol. The molecule has 4 aromatic rings. The number of carbonyl (C=O) groups excluding carboxylic acids is 1. The largest absolute Gasteiger partial charge is 0.483 e. The van der Waals surface area contributed by atoms with E-state index < -0.39 is 5.63 Å². The van der Waals surface area contributed by atoms with Gasteiger partial charge in [-0.25, -0.2) is 4.79 Å². The first-order valence-corrected chi connectivity index (χ1v) is 9.25. The molecule has 5 nitrogen and oxygen atoms in total. The highest BCUT2D eigenvalue weighted by atomic mass is 16.5. The Hall–Kier alpha value is -3.86. The quantitative estimate of drug-likeness (QED) is 0.508. The Kier molecular flexibility index (Phi) is 5.38. The second-order valence-corrected chi connectivity index (χ2v) is 6.54. The van der Waals surface area contributed by atoms with Crippen LogP contribution in [0.4, 0.5) is 0 Å². The van der Waals surface area contributed by atoms with E-state index in [9.17, 15) is 9.59 Å². The third-order valence-corrected chi connectivity index (χ3v) is 4.54. The highest BCUT2D eigenvalue weighted by Crippen LogP contribution is 2.24. The van der Waals surface area contributed by atoms with Crippen LogP contribution in [0.5, 0.6) is 5.75 Å². The lowest BCUT2D eigenvalue weighted by Gasteiger charge is -2.20. The number of para-hydroxylation sites is 1. The summed E-state index contributed by atoms with van der Waals surface area (Å²) in [6.45, 7) is -0.219. The van der Waals surface area contributed by atoms with E-state index in [4.69, 9.17) is 9.15 Å². The summed E-state index contributed by atoms with van der Waals surface area (Å²) in [4.78, 5) is 24.4. The molecule has 0 aliphatic rings. The summed E-state index contributed by atoms with van der Waals surface area (Å²) in [6.07, 6.45) is 0. The van der Waals surface area contributed by atoms with Gasteiger partial charge in [-0.1, -0.05) is 72.8 Å². The molecule has 0 bridgehead atoms. The van der Waals surface area contributed by atoms with Gasteiger partial charge in [0.15, 0.2) is 6.61 Å². The van der Waals surface area contributed by atoms with Gasteiger partial charge < -0.3 is 14.5 Å². The maximum Gasteiger partial charge on any atom is 0.339 e. The molecule has 3 aromatic carbocycles. The number of benzene rings is 3. The zero-order valence-corrected chi connectivity index (χ0v) is 15.6. The molecule has 0 spiro atoms. The molecule has 29 heavy (non-hydrogen) atoms. The summed E-state index contributed by atoms with van der Waals surface area (Å²) in [5, 5.41) is 3.66. The summed E-state index contributed by atoms with van der Waals surface area (Å²) in [6, 6.07) is 27.5. The highest BCUT2D eigenvalue weighted by Gasteiger charge is 2.17. The van der Waals surface area contributed by atoms with Gasteiger partial charge in [0.1, 0.15) is 11.3 Å². The minimum absolute atomic E-state index is 0.219. The van der Waals surface area contributed by atoms with Crippen LogP contribution in [0.3, 0.4) is 0 Å². The molecule has 1 heterocycles. The van der Waals surface area contributed by atoms with E-state index >= 15 is 0 Å². The van der Waals surface area contributed by atoms with Crippen LogP contribution in [0.15, 0.2) is 100 Å². The molecule has 4 rings (SSSR count). The third kappa shape index (κ3) is 4.35. The van der Waals surface area contributed by atoms with Crippen molar-refractivity contribution in [3.8, 4) is 5.75 Å². The predicted molar refractivity (Wildman–Crippen MR) is 111 cm³/mol. The summed E-state index contributed by atoms with van der Waals surface area (Å²) in [7, 11) is 0. The van der Waals surface area contributed by atoms with Crippen LogP contribution < -0.4 is 15.7 Å². The van der Waals surface area contributed by atoms with E-state index in [1.807, 2.05) is 66.7 Å². The standard InChI is InChI=1S/C24H19NO4/c26-22(16-28-21-15-23(27)29-20-14-8-7-13-19(20)21)25-24(17-9-3-1-4-10-17)18-11-5-2-6-12-18/h1-15,24H,16H2,(H,25,26). The van der Waals surface area contributed by atoms with E-state index in [0.717, 1.165) is 11.1 Å². The summed E-state index contributed by atoms with van der Waals surface area (Å²) in [5.74, 6) is 0.0306. The van der Waals surface area contributed by atoms with Gasteiger partial charge in [0.25, 0.3) is 5.91 Å². The first kappa shape index (κ1) is 18.5. The van der Waals surface area contributed by atoms with E-state index in [2.05, 4.69) is 5.32 Å². The van der Waals surface area contributed by atoms with Crippen molar-refractivity contribution in [2.75, 3.05) is 6.61 Å². The van der Waals surface area contributed by atoms with E-state index in [1.54, 1.807) is 18.2 Å². The van der Waals surface area contributed by atoms with Crippen LogP contribution in [-0.4, -0.2) is 12.5 Å². The topological polar surface area (TPSA) is 68.5 Å². The smallest absolute Gasteiger partial charge is 0.339 e. The second kappa shape index (κ2) is 8.44. The molecule has 0 saturated heterocycles. The molecule has 5 heteroatoms. The van der Waals surface area contributed by atoms with Crippen molar-refractivity contribution >= 4 is 16.9 Å². The Labute approximate surface area is 167 Å². The van der Waals surface area contributed by atoms with Crippen LogP contribution in [0.1, 0.15) is 17.2 Å². The van der Waals surface area contributed by atoms with Gasteiger partial charge >= 0.3 is 5.63 Å². The number of ether oxygens (including phenoxy) is 1. The van der Waals surface area contributed by atoms with Crippen LogP contribution in [-0.2, 0) is 4.79 Å². The molecular weight excluding hydrogens is 366 g/mol. The lowest BCUT2D eigenvalue weighted by Crippen LogP contribution is -2.33. The Morgan fingerprint density at radius 2 is 1.45 bits per heavy atom. The molecule has 1 amide bonds. The van der Waals surface area contributed by atoms with E-state index in [0.29, 0.717) is 16.7 Å². The zero-order chi connectivity index (χ0) is 20.1. The van der Waals surface area contributed by atoms with Gasteiger partial charge in [0, 0.05) is 0 Å². The van der Waals surface area contributed by atoms with Crippen molar-refractivity contribution in [3.63, 3.8) is 0 Å². The summed E-state index contributed by atoms with van der Waals surface area (Å²) < 4.78 is 10.8. The first-order chi connectivity index (χ1) is 14.2. The number of hydrogen-bond donors (Lipinski definition) is 1. The Morgan fingerprint density at radius 3 is 2.10 bits per heavy atom. The zero-order valence-electron chi connectivity index (χ0n) is 15.6. The number of hydrogen-bond acceptors (Lipinski definition) is 4. The number of nitrogens with one attached hydrogen (secondary N) is 1. The Balaban J connectivity index is 1.53. The van der Waals surface area contributed by atoms with Gasteiger partial charge in [-0.15, -0.1) is 0 Å². The average Bonchev–Trinajstić information content (AvgIpc) is 2.77. The molecule has 1 aromatic heterocycles. The fourth-order valence-corrected chi connectivity index (χ4v) is 3.20. The molecule has 0 atom stereocenters. The number of amides is 1. The fourth-order valence-electron chi connectivity index (χ4n) is 3.20. The molecular formula is C24H19NO4. The lowest BCUT2D eigenvalue weighted by atomic mass is 9.99. The first-order valence-electron chi connectivity index (χ1n) is 9.25. The molecule has 0 radical (unpaired) electrons. The van der Waals surface area contributed by atoms with Gasteiger partial charge in [-0.3, -0.25) is 4.79 Å². The van der Waals surface area contributed by atoms with Crippen molar-refractivity contribution in [2.45, 2.75) is 6.04 Å². The third-order valence-electron chi connectivity index (χ3n) is 4.54. The number of fused-ring (bicyclic) bond motifs is 1. The molecule has 0 fully saturated rings. The SMILES string of the molecule is O=C(COc1cc(=O)oc2ccccc12)NC(c1ccccc1)c1ccccc1. The van der Waals surface area contributed by atoms with Gasteiger partial charge in [0.2, 0.25) is 0 Å². The number of rotatable bonds is 6. The van der Waals surface area contributed by atoms with Gasteiger partial charge in [-0.2, -0.15) is 0 Å².